The lowest BCUT2D eigenvalue weighted by Crippen LogP contribution is -2.45. The molecule has 29 heavy (non-hydrogen) atoms. The van der Waals surface area contributed by atoms with Crippen LogP contribution in [0.25, 0.3) is 11.4 Å². The molecule has 3 heterocycles. The zero-order valence-corrected chi connectivity index (χ0v) is 16.9. The number of rotatable bonds is 5. The first kappa shape index (κ1) is 19.1. The molecule has 0 unspecified atom stereocenters. The Bertz CT molecular complexity index is 1050. The number of nitrogens with one attached hydrogen (secondary N) is 1. The van der Waals surface area contributed by atoms with E-state index in [0.717, 1.165) is 11.4 Å². The lowest BCUT2D eigenvalue weighted by molar-refractivity contribution is -0.121. The molecular formula is C20H20N6O2S. The number of pyridine rings is 1. The van der Waals surface area contributed by atoms with Crippen molar-refractivity contribution < 1.29 is 9.59 Å². The second kappa shape index (κ2) is 8.04. The predicted octanol–water partition coefficient (Wildman–Crippen LogP) is 2.83. The Morgan fingerprint density at radius 1 is 1.21 bits per heavy atom. The molecule has 1 N–H and O–H groups in total. The SMILES string of the molecule is CCn1c(S[C@H](C)C(=O)N2CC(=O)Nc3ccccc32)nnc1-c1ccncc1. The molecule has 0 saturated heterocycles. The molecule has 9 heteroatoms. The summed E-state index contributed by atoms with van der Waals surface area (Å²) in [6.07, 6.45) is 3.42. The van der Waals surface area contributed by atoms with E-state index in [0.29, 0.717) is 23.1 Å². The zero-order valence-electron chi connectivity index (χ0n) is 16.1. The third kappa shape index (κ3) is 3.73. The van der Waals surface area contributed by atoms with Crippen LogP contribution in [0.5, 0.6) is 0 Å². The van der Waals surface area contributed by atoms with E-state index in [1.807, 2.05) is 48.7 Å². The van der Waals surface area contributed by atoms with Crippen LogP contribution in [0.15, 0.2) is 53.9 Å². The predicted molar refractivity (Wildman–Crippen MR) is 112 cm³/mol. The summed E-state index contributed by atoms with van der Waals surface area (Å²) in [7, 11) is 0. The summed E-state index contributed by atoms with van der Waals surface area (Å²) in [5.41, 5.74) is 2.27. The largest absolute Gasteiger partial charge is 0.323 e. The molecule has 0 bridgehead atoms. The summed E-state index contributed by atoms with van der Waals surface area (Å²) in [6.45, 7) is 4.51. The average Bonchev–Trinajstić information content (AvgIpc) is 3.15. The van der Waals surface area contributed by atoms with Gasteiger partial charge in [-0.05, 0) is 38.1 Å². The van der Waals surface area contributed by atoms with Gasteiger partial charge in [-0.1, -0.05) is 23.9 Å². The van der Waals surface area contributed by atoms with E-state index in [-0.39, 0.29) is 18.4 Å². The summed E-state index contributed by atoms with van der Waals surface area (Å²) in [5.74, 6) is 0.388. The van der Waals surface area contributed by atoms with Gasteiger partial charge >= 0.3 is 0 Å². The summed E-state index contributed by atoms with van der Waals surface area (Å²) in [6, 6.07) is 11.1. The van der Waals surface area contributed by atoms with Crippen molar-refractivity contribution in [3.8, 4) is 11.4 Å². The third-order valence-corrected chi connectivity index (χ3v) is 5.71. The number of amides is 2. The van der Waals surface area contributed by atoms with Crippen molar-refractivity contribution in [3.05, 3.63) is 48.8 Å². The van der Waals surface area contributed by atoms with Crippen molar-refractivity contribution in [1.29, 1.82) is 0 Å². The van der Waals surface area contributed by atoms with E-state index in [1.54, 1.807) is 18.5 Å². The Morgan fingerprint density at radius 2 is 1.97 bits per heavy atom. The second-order valence-electron chi connectivity index (χ2n) is 6.54. The lowest BCUT2D eigenvalue weighted by atomic mass is 10.2. The molecule has 1 aliphatic rings. The minimum atomic E-state index is -0.436. The highest BCUT2D eigenvalue weighted by Crippen LogP contribution is 2.32. The molecule has 2 amide bonds. The number of para-hydroxylation sites is 2. The van der Waals surface area contributed by atoms with Crippen LogP contribution in [-0.2, 0) is 16.1 Å². The van der Waals surface area contributed by atoms with E-state index in [2.05, 4.69) is 20.5 Å². The van der Waals surface area contributed by atoms with Crippen LogP contribution in [0, 0.1) is 0 Å². The second-order valence-corrected chi connectivity index (χ2v) is 7.84. The van der Waals surface area contributed by atoms with E-state index >= 15 is 0 Å². The standard InChI is InChI=1S/C20H20N6O2S/c1-3-25-18(14-8-10-21-11-9-14)23-24-20(25)29-13(2)19(28)26-12-17(27)22-15-6-4-5-7-16(15)26/h4-11,13H,3,12H2,1-2H3,(H,22,27)/t13-/m1/s1. The van der Waals surface area contributed by atoms with E-state index in [4.69, 9.17) is 0 Å². The van der Waals surface area contributed by atoms with Crippen LogP contribution in [0.3, 0.4) is 0 Å². The molecule has 3 aromatic rings. The summed E-state index contributed by atoms with van der Waals surface area (Å²) >= 11 is 1.34. The number of benzene rings is 1. The topological polar surface area (TPSA) is 93.0 Å². The Kier molecular flexibility index (Phi) is 5.30. The van der Waals surface area contributed by atoms with Crippen molar-refractivity contribution in [2.75, 3.05) is 16.8 Å². The maximum atomic E-state index is 13.1. The van der Waals surface area contributed by atoms with Gasteiger partial charge in [-0.15, -0.1) is 10.2 Å². The van der Waals surface area contributed by atoms with Gasteiger partial charge in [-0.3, -0.25) is 19.5 Å². The number of aromatic nitrogens is 4. The first-order chi connectivity index (χ1) is 14.1. The van der Waals surface area contributed by atoms with Crippen LogP contribution >= 0.6 is 11.8 Å². The van der Waals surface area contributed by atoms with Gasteiger partial charge in [0.15, 0.2) is 11.0 Å². The molecule has 0 radical (unpaired) electrons. The summed E-state index contributed by atoms with van der Waals surface area (Å²) in [4.78, 5) is 30.8. The highest BCUT2D eigenvalue weighted by atomic mass is 32.2. The van der Waals surface area contributed by atoms with Crippen molar-refractivity contribution in [1.82, 2.24) is 19.7 Å². The van der Waals surface area contributed by atoms with Gasteiger partial charge in [0, 0.05) is 24.5 Å². The van der Waals surface area contributed by atoms with Gasteiger partial charge in [0.25, 0.3) is 0 Å². The van der Waals surface area contributed by atoms with Gasteiger partial charge in [-0.2, -0.15) is 0 Å². The summed E-state index contributed by atoms with van der Waals surface area (Å²) < 4.78 is 1.97. The van der Waals surface area contributed by atoms with E-state index in [1.165, 1.54) is 16.7 Å². The van der Waals surface area contributed by atoms with Gasteiger partial charge in [0.1, 0.15) is 6.54 Å². The number of hydrogen-bond donors (Lipinski definition) is 1. The van der Waals surface area contributed by atoms with Gasteiger partial charge < -0.3 is 9.88 Å². The first-order valence-corrected chi connectivity index (χ1v) is 10.2. The number of thioether (sulfide) groups is 1. The highest BCUT2D eigenvalue weighted by molar-refractivity contribution is 8.00. The molecule has 0 saturated carbocycles. The molecule has 2 aromatic heterocycles. The van der Waals surface area contributed by atoms with Crippen LogP contribution in [-0.4, -0.2) is 43.4 Å². The fourth-order valence-corrected chi connectivity index (χ4v) is 4.21. The molecule has 0 fully saturated rings. The minimum Gasteiger partial charge on any atom is -0.323 e. The molecule has 4 rings (SSSR count). The van der Waals surface area contributed by atoms with Gasteiger partial charge in [-0.25, -0.2) is 0 Å². The first-order valence-electron chi connectivity index (χ1n) is 9.29. The fraction of sp³-hybridized carbons (Fsp3) is 0.250. The van der Waals surface area contributed by atoms with Crippen LogP contribution < -0.4 is 10.2 Å². The smallest absolute Gasteiger partial charge is 0.244 e. The van der Waals surface area contributed by atoms with Crippen LogP contribution in [0.2, 0.25) is 0 Å². The molecule has 1 aromatic carbocycles. The van der Waals surface area contributed by atoms with Crippen LogP contribution in [0.1, 0.15) is 13.8 Å². The number of carbonyl (C=O) groups excluding carboxylic acids is 2. The molecule has 148 valence electrons. The number of nitrogens with zero attached hydrogens (tertiary/aromatic N) is 5. The minimum absolute atomic E-state index is 0.00345. The quantitative estimate of drug-likeness (QED) is 0.653. The molecular weight excluding hydrogens is 388 g/mol. The Labute approximate surface area is 172 Å². The van der Waals surface area contributed by atoms with Crippen molar-refractivity contribution in [2.24, 2.45) is 0 Å². The zero-order chi connectivity index (χ0) is 20.4. The number of fused-ring (bicyclic) bond motifs is 1. The van der Waals surface area contributed by atoms with Crippen LogP contribution in [0.4, 0.5) is 11.4 Å². The molecule has 1 atom stereocenters. The Morgan fingerprint density at radius 3 is 2.72 bits per heavy atom. The number of hydrogen-bond acceptors (Lipinski definition) is 6. The molecule has 0 aliphatic carbocycles. The normalized spacial score (nSPS) is 14.3. The van der Waals surface area contributed by atoms with Crippen molar-refractivity contribution in [3.63, 3.8) is 0 Å². The van der Waals surface area contributed by atoms with E-state index in [9.17, 15) is 9.59 Å². The Hall–Kier alpha value is -3.20. The van der Waals surface area contributed by atoms with Gasteiger partial charge in [0.05, 0.1) is 16.6 Å². The average molecular weight is 408 g/mol. The maximum absolute atomic E-state index is 13.1. The monoisotopic (exact) mass is 408 g/mol. The summed E-state index contributed by atoms with van der Waals surface area (Å²) in [5, 5.41) is 11.6. The fourth-order valence-electron chi connectivity index (χ4n) is 3.23. The van der Waals surface area contributed by atoms with Crippen molar-refractivity contribution >= 4 is 35.0 Å². The van der Waals surface area contributed by atoms with E-state index < -0.39 is 5.25 Å². The third-order valence-electron chi connectivity index (χ3n) is 4.64. The highest BCUT2D eigenvalue weighted by Gasteiger charge is 2.31. The maximum Gasteiger partial charge on any atom is 0.244 e. The molecule has 1 aliphatic heterocycles. The number of carbonyl (C=O) groups is 2. The number of anilines is 2. The Balaban J connectivity index is 1.57. The lowest BCUT2D eigenvalue weighted by Gasteiger charge is -2.30. The molecule has 0 spiro atoms. The molecule has 8 nitrogen and oxygen atoms in total. The van der Waals surface area contributed by atoms with Crippen molar-refractivity contribution in [2.45, 2.75) is 30.8 Å². The van der Waals surface area contributed by atoms with Gasteiger partial charge in [0.2, 0.25) is 11.8 Å².